The number of aromatic nitrogens is 2. The number of aryl methyl sites for hydroxylation is 2. The van der Waals surface area contributed by atoms with Gasteiger partial charge in [0.15, 0.2) is 0 Å². The summed E-state index contributed by atoms with van der Waals surface area (Å²) in [6.07, 6.45) is 1.55. The minimum Gasteiger partial charge on any atom is -0.392 e. The van der Waals surface area contributed by atoms with Crippen LogP contribution in [0.15, 0.2) is 23.2 Å². The highest BCUT2D eigenvalue weighted by atomic mass is 35.5. The van der Waals surface area contributed by atoms with Crippen molar-refractivity contribution < 1.29 is 13.5 Å². The molecule has 0 aliphatic rings. The van der Waals surface area contributed by atoms with Gasteiger partial charge in [-0.05, 0) is 24.6 Å². The van der Waals surface area contributed by atoms with Crippen LogP contribution in [0.2, 0.25) is 10.0 Å². The number of hydrogen-bond donors (Lipinski definition) is 2. The van der Waals surface area contributed by atoms with Crippen molar-refractivity contribution in [1.82, 2.24) is 9.78 Å². The fourth-order valence-electron chi connectivity index (χ4n) is 1.80. The van der Waals surface area contributed by atoms with Gasteiger partial charge >= 0.3 is 0 Å². The van der Waals surface area contributed by atoms with Crippen LogP contribution in [0.3, 0.4) is 0 Å². The molecular weight excluding hydrogens is 337 g/mol. The normalized spacial score (nSPS) is 11.7. The number of anilines is 1. The van der Waals surface area contributed by atoms with Gasteiger partial charge < -0.3 is 5.11 Å². The van der Waals surface area contributed by atoms with Crippen LogP contribution in [0.25, 0.3) is 0 Å². The van der Waals surface area contributed by atoms with E-state index in [0.29, 0.717) is 11.4 Å². The Labute approximate surface area is 132 Å². The van der Waals surface area contributed by atoms with E-state index in [1.165, 1.54) is 16.8 Å². The lowest BCUT2D eigenvalue weighted by atomic mass is 10.2. The van der Waals surface area contributed by atoms with Gasteiger partial charge in [-0.3, -0.25) is 9.40 Å². The Hall–Kier alpha value is -1.28. The fraction of sp³-hybridized carbons (Fsp3) is 0.250. The first kappa shape index (κ1) is 16.1. The molecule has 0 bridgehead atoms. The third-order valence-corrected chi connectivity index (χ3v) is 5.00. The van der Waals surface area contributed by atoms with Crippen LogP contribution in [0.5, 0.6) is 0 Å². The van der Waals surface area contributed by atoms with Gasteiger partial charge in [0.05, 0.1) is 23.0 Å². The van der Waals surface area contributed by atoms with Crippen molar-refractivity contribution in [3.8, 4) is 0 Å². The van der Waals surface area contributed by atoms with E-state index in [4.69, 9.17) is 23.2 Å². The quantitative estimate of drug-likeness (QED) is 0.886. The summed E-state index contributed by atoms with van der Waals surface area (Å²) in [7, 11) is -2.22. The van der Waals surface area contributed by atoms with Crippen LogP contribution in [-0.4, -0.2) is 23.3 Å². The van der Waals surface area contributed by atoms with Crippen molar-refractivity contribution in [2.75, 3.05) is 4.72 Å². The summed E-state index contributed by atoms with van der Waals surface area (Å²) < 4.78 is 28.7. The maximum atomic E-state index is 12.4. The minimum absolute atomic E-state index is 0.0220. The highest BCUT2D eigenvalue weighted by molar-refractivity contribution is 7.92. The predicted molar refractivity (Wildman–Crippen MR) is 81.1 cm³/mol. The molecule has 0 saturated heterocycles. The minimum atomic E-state index is -3.91. The molecule has 0 saturated carbocycles. The predicted octanol–water partition coefficient (Wildman–Crippen LogP) is 2.33. The summed E-state index contributed by atoms with van der Waals surface area (Å²) in [6.45, 7) is 1.30. The molecule has 114 valence electrons. The molecule has 0 aliphatic carbocycles. The van der Waals surface area contributed by atoms with Crippen LogP contribution in [0.1, 0.15) is 11.3 Å². The van der Waals surface area contributed by atoms with E-state index in [2.05, 4.69) is 9.82 Å². The first-order valence-electron chi connectivity index (χ1n) is 5.86. The molecule has 2 N–H and O–H groups in total. The number of sulfonamides is 1. The molecule has 9 heteroatoms. The van der Waals surface area contributed by atoms with E-state index in [-0.39, 0.29) is 27.1 Å². The van der Waals surface area contributed by atoms with Crippen LogP contribution < -0.4 is 4.72 Å². The molecule has 0 spiro atoms. The van der Waals surface area contributed by atoms with Crippen LogP contribution in [0, 0.1) is 6.92 Å². The molecule has 0 radical (unpaired) electrons. The average molecular weight is 350 g/mol. The molecular formula is C12H13Cl2N3O3S. The molecule has 0 unspecified atom stereocenters. The second kappa shape index (κ2) is 5.84. The Bertz CT molecular complexity index is 787. The van der Waals surface area contributed by atoms with E-state index in [1.807, 2.05) is 0 Å². The average Bonchev–Trinajstić information content (AvgIpc) is 2.66. The molecule has 21 heavy (non-hydrogen) atoms. The molecule has 0 fully saturated rings. The lowest BCUT2D eigenvalue weighted by molar-refractivity contribution is 0.281. The largest absolute Gasteiger partial charge is 0.392 e. The molecule has 2 aromatic rings. The zero-order chi connectivity index (χ0) is 15.8. The van der Waals surface area contributed by atoms with Crippen LogP contribution >= 0.6 is 23.2 Å². The lowest BCUT2D eigenvalue weighted by Crippen LogP contribution is -2.14. The second-order valence-electron chi connectivity index (χ2n) is 4.44. The Morgan fingerprint density at radius 1 is 1.33 bits per heavy atom. The summed E-state index contributed by atoms with van der Waals surface area (Å²) >= 11 is 11.8. The Kier molecular flexibility index (Phi) is 4.48. The van der Waals surface area contributed by atoms with Crippen LogP contribution in [-0.2, 0) is 23.7 Å². The van der Waals surface area contributed by atoms with Crippen molar-refractivity contribution in [1.29, 1.82) is 0 Å². The van der Waals surface area contributed by atoms with Gasteiger partial charge in [-0.15, -0.1) is 0 Å². The van der Waals surface area contributed by atoms with E-state index < -0.39 is 10.0 Å². The molecule has 1 aromatic carbocycles. The zero-order valence-electron chi connectivity index (χ0n) is 11.3. The van der Waals surface area contributed by atoms with Gasteiger partial charge in [-0.2, -0.15) is 5.10 Å². The van der Waals surface area contributed by atoms with E-state index in [9.17, 15) is 13.5 Å². The standard InChI is InChI=1S/C12H13Cl2N3O3S/c1-7-11(5-17(2)15-7)16-21(19,20)12-3-8(6-18)9(13)4-10(12)14/h3-5,16,18H,6H2,1-2H3. The Balaban J connectivity index is 2.47. The number of hydrogen-bond acceptors (Lipinski definition) is 4. The van der Waals surface area contributed by atoms with Crippen molar-refractivity contribution in [2.45, 2.75) is 18.4 Å². The molecule has 1 aromatic heterocycles. The summed E-state index contributed by atoms with van der Waals surface area (Å²) in [4.78, 5) is -0.152. The molecule has 2 rings (SSSR count). The Morgan fingerprint density at radius 2 is 2.00 bits per heavy atom. The number of benzene rings is 1. The third-order valence-electron chi connectivity index (χ3n) is 2.82. The topological polar surface area (TPSA) is 84.2 Å². The maximum Gasteiger partial charge on any atom is 0.263 e. The fourth-order valence-corrected chi connectivity index (χ4v) is 3.76. The summed E-state index contributed by atoms with van der Waals surface area (Å²) in [5.41, 5.74) is 1.17. The van der Waals surface area contributed by atoms with Gasteiger partial charge in [0, 0.05) is 18.3 Å². The van der Waals surface area contributed by atoms with E-state index in [1.54, 1.807) is 20.2 Å². The number of aliphatic hydroxyl groups excluding tert-OH is 1. The highest BCUT2D eigenvalue weighted by Gasteiger charge is 2.21. The summed E-state index contributed by atoms with van der Waals surface area (Å²) in [5, 5.41) is 13.4. The number of nitrogens with one attached hydrogen (secondary N) is 1. The van der Waals surface area contributed by atoms with Crippen molar-refractivity contribution in [3.05, 3.63) is 39.6 Å². The zero-order valence-corrected chi connectivity index (χ0v) is 13.6. The molecule has 0 aliphatic heterocycles. The van der Waals surface area contributed by atoms with E-state index in [0.717, 1.165) is 0 Å². The van der Waals surface area contributed by atoms with Gasteiger partial charge in [0.1, 0.15) is 4.90 Å². The van der Waals surface area contributed by atoms with Crippen molar-refractivity contribution in [3.63, 3.8) is 0 Å². The van der Waals surface area contributed by atoms with Crippen LogP contribution in [0.4, 0.5) is 5.69 Å². The third kappa shape index (κ3) is 3.32. The first-order chi connectivity index (χ1) is 9.74. The van der Waals surface area contributed by atoms with E-state index >= 15 is 0 Å². The number of aliphatic hydroxyl groups is 1. The molecule has 0 amide bonds. The Morgan fingerprint density at radius 3 is 2.52 bits per heavy atom. The van der Waals surface area contributed by atoms with Crippen molar-refractivity contribution >= 4 is 38.9 Å². The number of nitrogens with zero attached hydrogens (tertiary/aromatic N) is 2. The SMILES string of the molecule is Cc1nn(C)cc1NS(=O)(=O)c1cc(CO)c(Cl)cc1Cl. The lowest BCUT2D eigenvalue weighted by Gasteiger charge is -2.11. The number of rotatable bonds is 4. The smallest absolute Gasteiger partial charge is 0.263 e. The second-order valence-corrected chi connectivity index (χ2v) is 6.90. The summed E-state index contributed by atoms with van der Waals surface area (Å²) in [6, 6.07) is 2.54. The monoisotopic (exact) mass is 349 g/mol. The summed E-state index contributed by atoms with van der Waals surface area (Å²) in [5.74, 6) is 0. The molecule has 6 nitrogen and oxygen atoms in total. The maximum absolute atomic E-state index is 12.4. The molecule has 0 atom stereocenters. The highest BCUT2D eigenvalue weighted by Crippen LogP contribution is 2.30. The van der Waals surface area contributed by atoms with Gasteiger partial charge in [0.25, 0.3) is 10.0 Å². The van der Waals surface area contributed by atoms with Gasteiger partial charge in [0.2, 0.25) is 0 Å². The van der Waals surface area contributed by atoms with Gasteiger partial charge in [-0.1, -0.05) is 23.2 Å². The van der Waals surface area contributed by atoms with Gasteiger partial charge in [-0.25, -0.2) is 8.42 Å². The van der Waals surface area contributed by atoms with Crippen molar-refractivity contribution in [2.24, 2.45) is 7.05 Å². The first-order valence-corrected chi connectivity index (χ1v) is 8.10. The number of halogens is 2. The molecule has 1 heterocycles.